The van der Waals surface area contributed by atoms with Crippen LogP contribution in [0, 0.1) is 25.5 Å². The maximum Gasteiger partial charge on any atom is 0.242 e. The largest absolute Gasteiger partial charge is 0.385 e. The third kappa shape index (κ3) is 5.92. The molecule has 2 aromatic carbocycles. The van der Waals surface area contributed by atoms with Crippen LogP contribution in [0.3, 0.4) is 0 Å². The number of aryl methyl sites for hydroxylation is 2. The molecule has 1 saturated heterocycles. The number of hydrogen-bond acceptors (Lipinski definition) is 5. The molecule has 170 valence electrons. The molecule has 0 saturated carbocycles. The van der Waals surface area contributed by atoms with Crippen LogP contribution in [0.1, 0.15) is 24.0 Å². The molecule has 2 amide bonds. The van der Waals surface area contributed by atoms with Crippen molar-refractivity contribution in [1.29, 1.82) is 0 Å². The third-order valence-electron chi connectivity index (χ3n) is 5.04. The molecule has 1 aliphatic heterocycles. The quantitative estimate of drug-likeness (QED) is 0.585. The van der Waals surface area contributed by atoms with Crippen molar-refractivity contribution in [2.75, 3.05) is 25.6 Å². The summed E-state index contributed by atoms with van der Waals surface area (Å²) in [5, 5.41) is 2.23. The van der Waals surface area contributed by atoms with Crippen LogP contribution in [0.2, 0.25) is 0 Å². The highest BCUT2D eigenvalue weighted by Gasteiger charge is 2.39. The molecule has 1 unspecified atom stereocenters. The number of ether oxygens (including phenoxy) is 1. The molecule has 1 N–H and O–H groups in total. The predicted octanol–water partition coefficient (Wildman–Crippen LogP) is 4.58. The standard InChI is InChI=1S/C23H25F2N3O3S/c1-14-5-7-17(11-15(14)2)26-23-28(9-4-10-31-3)22(30)20(32-23)13-21(29)27-19-8-6-16(24)12-18(19)25/h5-8,11-12,20H,4,9-10,13H2,1-3H3,(H,27,29). The second-order valence-corrected chi connectivity index (χ2v) is 8.65. The first kappa shape index (κ1) is 23.9. The van der Waals surface area contributed by atoms with Crippen LogP contribution < -0.4 is 5.32 Å². The minimum atomic E-state index is -0.873. The number of amidine groups is 1. The Kier molecular flexibility index (Phi) is 7.98. The zero-order valence-corrected chi connectivity index (χ0v) is 19.0. The number of carbonyl (C=O) groups excluding carboxylic acids is 2. The van der Waals surface area contributed by atoms with Crippen LogP contribution in [0.4, 0.5) is 20.2 Å². The van der Waals surface area contributed by atoms with Crippen LogP contribution in [0.5, 0.6) is 0 Å². The highest BCUT2D eigenvalue weighted by molar-refractivity contribution is 8.15. The molecule has 1 atom stereocenters. The Morgan fingerprint density at radius 1 is 1.19 bits per heavy atom. The van der Waals surface area contributed by atoms with E-state index in [1.165, 1.54) is 11.8 Å². The fourth-order valence-corrected chi connectivity index (χ4v) is 4.35. The number of carbonyl (C=O) groups is 2. The van der Waals surface area contributed by atoms with Crippen molar-refractivity contribution in [3.05, 3.63) is 59.2 Å². The van der Waals surface area contributed by atoms with Gasteiger partial charge >= 0.3 is 0 Å². The Morgan fingerprint density at radius 2 is 1.97 bits per heavy atom. The van der Waals surface area contributed by atoms with E-state index >= 15 is 0 Å². The first-order chi connectivity index (χ1) is 15.3. The summed E-state index contributed by atoms with van der Waals surface area (Å²) in [7, 11) is 1.59. The number of nitrogens with one attached hydrogen (secondary N) is 1. The van der Waals surface area contributed by atoms with Gasteiger partial charge in [-0.3, -0.25) is 14.5 Å². The number of thioether (sulfide) groups is 1. The summed E-state index contributed by atoms with van der Waals surface area (Å²) in [6.07, 6.45) is 0.460. The first-order valence-corrected chi connectivity index (χ1v) is 11.0. The Labute approximate surface area is 190 Å². The molecule has 6 nitrogen and oxygen atoms in total. The molecule has 0 aliphatic carbocycles. The van der Waals surface area contributed by atoms with Crippen LogP contribution in [0.15, 0.2) is 41.4 Å². The molecule has 0 spiro atoms. The van der Waals surface area contributed by atoms with Gasteiger partial charge in [-0.05, 0) is 55.7 Å². The van der Waals surface area contributed by atoms with Crippen molar-refractivity contribution < 1.29 is 23.1 Å². The average molecular weight is 462 g/mol. The summed E-state index contributed by atoms with van der Waals surface area (Å²) in [4.78, 5) is 31.7. The summed E-state index contributed by atoms with van der Waals surface area (Å²) in [6.45, 7) is 4.90. The smallest absolute Gasteiger partial charge is 0.242 e. The number of nitrogens with zero attached hydrogens (tertiary/aromatic N) is 2. The van der Waals surface area contributed by atoms with Crippen molar-refractivity contribution >= 4 is 40.1 Å². The van der Waals surface area contributed by atoms with Crippen LogP contribution in [-0.4, -0.2) is 47.4 Å². The van der Waals surface area contributed by atoms with Gasteiger partial charge in [0.2, 0.25) is 11.8 Å². The number of benzene rings is 2. The average Bonchev–Trinajstić information content (AvgIpc) is 3.01. The SMILES string of the molecule is COCCCN1C(=O)C(CC(=O)Nc2ccc(F)cc2F)SC1=Nc1ccc(C)c(C)c1. The Hall–Kier alpha value is -2.78. The number of amides is 2. The van der Waals surface area contributed by atoms with E-state index in [4.69, 9.17) is 4.74 Å². The third-order valence-corrected chi connectivity index (χ3v) is 6.22. The molecule has 1 aliphatic rings. The lowest BCUT2D eigenvalue weighted by Gasteiger charge is -2.16. The monoisotopic (exact) mass is 461 g/mol. The zero-order chi connectivity index (χ0) is 23.3. The maximum atomic E-state index is 13.8. The molecular weight excluding hydrogens is 436 g/mol. The van der Waals surface area contributed by atoms with E-state index in [1.54, 1.807) is 12.0 Å². The number of aliphatic imine (C=N–C) groups is 1. The summed E-state index contributed by atoms with van der Waals surface area (Å²) in [5.74, 6) is -2.38. The minimum absolute atomic E-state index is 0.132. The molecule has 0 radical (unpaired) electrons. The summed E-state index contributed by atoms with van der Waals surface area (Å²) in [6, 6.07) is 8.68. The van der Waals surface area contributed by atoms with Crippen LogP contribution in [0.25, 0.3) is 0 Å². The summed E-state index contributed by atoms with van der Waals surface area (Å²) >= 11 is 1.21. The van der Waals surface area contributed by atoms with E-state index in [9.17, 15) is 18.4 Å². The van der Waals surface area contributed by atoms with E-state index in [1.807, 2.05) is 32.0 Å². The zero-order valence-electron chi connectivity index (χ0n) is 18.2. The van der Waals surface area contributed by atoms with Crippen LogP contribution in [-0.2, 0) is 14.3 Å². The van der Waals surface area contributed by atoms with E-state index in [0.717, 1.165) is 28.9 Å². The van der Waals surface area contributed by atoms with E-state index < -0.39 is 22.8 Å². The lowest BCUT2D eigenvalue weighted by atomic mass is 10.1. The van der Waals surface area contributed by atoms with E-state index in [2.05, 4.69) is 10.3 Å². The van der Waals surface area contributed by atoms with E-state index in [-0.39, 0.29) is 18.0 Å². The van der Waals surface area contributed by atoms with Gasteiger partial charge in [0.05, 0.1) is 11.4 Å². The number of methoxy groups -OCH3 is 1. The Morgan fingerprint density at radius 3 is 2.66 bits per heavy atom. The van der Waals surface area contributed by atoms with Crippen molar-refractivity contribution in [2.45, 2.75) is 31.9 Å². The minimum Gasteiger partial charge on any atom is -0.385 e. The second-order valence-electron chi connectivity index (χ2n) is 7.48. The lowest BCUT2D eigenvalue weighted by Crippen LogP contribution is -2.34. The molecule has 0 aromatic heterocycles. The van der Waals surface area contributed by atoms with Crippen molar-refractivity contribution in [3.8, 4) is 0 Å². The Balaban J connectivity index is 1.76. The highest BCUT2D eigenvalue weighted by Crippen LogP contribution is 2.32. The van der Waals surface area contributed by atoms with Crippen molar-refractivity contribution in [1.82, 2.24) is 4.90 Å². The topological polar surface area (TPSA) is 71.0 Å². The van der Waals surface area contributed by atoms with Gasteiger partial charge in [0, 0.05) is 32.7 Å². The van der Waals surface area contributed by atoms with Gasteiger partial charge in [0.15, 0.2) is 5.17 Å². The molecular formula is C23H25F2N3O3S. The van der Waals surface area contributed by atoms with Gasteiger partial charge in [-0.15, -0.1) is 0 Å². The molecule has 9 heteroatoms. The molecule has 32 heavy (non-hydrogen) atoms. The van der Waals surface area contributed by atoms with Gasteiger partial charge in [-0.1, -0.05) is 17.8 Å². The molecule has 1 fully saturated rings. The molecule has 1 heterocycles. The normalized spacial score (nSPS) is 17.3. The molecule has 0 bridgehead atoms. The summed E-state index contributed by atoms with van der Waals surface area (Å²) in [5.41, 5.74) is 2.82. The second kappa shape index (κ2) is 10.7. The molecule has 2 aromatic rings. The number of halogens is 2. The van der Waals surface area contributed by atoms with Gasteiger partial charge in [0.25, 0.3) is 0 Å². The fraction of sp³-hybridized carbons (Fsp3) is 0.348. The number of anilines is 1. The van der Waals surface area contributed by atoms with E-state index in [0.29, 0.717) is 30.8 Å². The number of hydrogen-bond donors (Lipinski definition) is 1. The fourth-order valence-electron chi connectivity index (χ4n) is 3.16. The van der Waals surface area contributed by atoms with Gasteiger partial charge in [0.1, 0.15) is 16.9 Å². The first-order valence-electron chi connectivity index (χ1n) is 10.2. The van der Waals surface area contributed by atoms with Gasteiger partial charge < -0.3 is 10.1 Å². The van der Waals surface area contributed by atoms with Crippen molar-refractivity contribution in [2.24, 2.45) is 4.99 Å². The van der Waals surface area contributed by atoms with Gasteiger partial charge in [-0.25, -0.2) is 13.8 Å². The maximum absolute atomic E-state index is 13.8. The predicted molar refractivity (Wildman–Crippen MR) is 122 cm³/mol. The lowest BCUT2D eigenvalue weighted by molar-refractivity contribution is -0.128. The highest BCUT2D eigenvalue weighted by atomic mass is 32.2. The molecule has 3 rings (SSSR count). The Bertz CT molecular complexity index is 1050. The summed E-state index contributed by atoms with van der Waals surface area (Å²) < 4.78 is 32.0. The van der Waals surface area contributed by atoms with Gasteiger partial charge in [-0.2, -0.15) is 0 Å². The van der Waals surface area contributed by atoms with Crippen LogP contribution >= 0.6 is 11.8 Å². The van der Waals surface area contributed by atoms with Crippen molar-refractivity contribution in [3.63, 3.8) is 0 Å². The number of rotatable bonds is 8.